The van der Waals surface area contributed by atoms with Crippen LogP contribution in [0.4, 0.5) is 0 Å². The lowest BCUT2D eigenvalue weighted by Gasteiger charge is -2.14. The van der Waals surface area contributed by atoms with Crippen LogP contribution in [0, 0.1) is 11.8 Å². The summed E-state index contributed by atoms with van der Waals surface area (Å²) in [6.07, 6.45) is 8.34. The SMILES string of the molecule is O=C1CCCC2CCC(C1)C2. The number of hydrogen-bond donors (Lipinski definition) is 0. The molecular formula is C10H16O. The lowest BCUT2D eigenvalue weighted by molar-refractivity contribution is -0.120. The third-order valence-corrected chi connectivity index (χ3v) is 3.23. The van der Waals surface area contributed by atoms with E-state index in [2.05, 4.69) is 0 Å². The lowest BCUT2D eigenvalue weighted by atomic mass is 9.91. The Kier molecular flexibility index (Phi) is 1.97. The minimum atomic E-state index is 0.523. The van der Waals surface area contributed by atoms with Crippen molar-refractivity contribution in [3.8, 4) is 0 Å². The monoisotopic (exact) mass is 152 g/mol. The fraction of sp³-hybridized carbons (Fsp3) is 0.900. The van der Waals surface area contributed by atoms with E-state index >= 15 is 0 Å². The van der Waals surface area contributed by atoms with Crippen molar-refractivity contribution < 1.29 is 4.79 Å². The minimum absolute atomic E-state index is 0.523. The molecule has 0 radical (unpaired) electrons. The Bertz CT molecular complexity index is 162. The number of carbonyl (C=O) groups excluding carboxylic acids is 1. The molecule has 2 saturated carbocycles. The van der Waals surface area contributed by atoms with Crippen LogP contribution in [0.1, 0.15) is 44.9 Å². The third kappa shape index (κ3) is 1.63. The standard InChI is InChI=1S/C10H16O/c11-10-3-1-2-8-4-5-9(6-8)7-10/h8-9H,1-7H2. The van der Waals surface area contributed by atoms with E-state index in [1.165, 1.54) is 25.7 Å². The number of ketones is 1. The zero-order chi connectivity index (χ0) is 7.68. The van der Waals surface area contributed by atoms with E-state index < -0.39 is 0 Å². The molecule has 0 spiro atoms. The summed E-state index contributed by atoms with van der Waals surface area (Å²) >= 11 is 0. The molecule has 62 valence electrons. The average molecular weight is 152 g/mol. The molecule has 0 N–H and O–H groups in total. The van der Waals surface area contributed by atoms with Gasteiger partial charge in [0.2, 0.25) is 0 Å². The van der Waals surface area contributed by atoms with Crippen LogP contribution >= 0.6 is 0 Å². The summed E-state index contributed by atoms with van der Waals surface area (Å²) in [6.45, 7) is 0. The molecule has 1 nitrogen and oxygen atoms in total. The van der Waals surface area contributed by atoms with Gasteiger partial charge >= 0.3 is 0 Å². The molecular weight excluding hydrogens is 136 g/mol. The fourth-order valence-electron chi connectivity index (χ4n) is 2.64. The molecule has 0 aliphatic heterocycles. The summed E-state index contributed by atoms with van der Waals surface area (Å²) in [5.74, 6) is 2.27. The predicted octanol–water partition coefficient (Wildman–Crippen LogP) is 2.55. The second-order valence-corrected chi connectivity index (χ2v) is 4.18. The topological polar surface area (TPSA) is 17.1 Å². The minimum Gasteiger partial charge on any atom is -0.300 e. The van der Waals surface area contributed by atoms with Crippen molar-refractivity contribution in [1.82, 2.24) is 0 Å². The van der Waals surface area contributed by atoms with Gasteiger partial charge in [-0.1, -0.05) is 12.8 Å². The van der Waals surface area contributed by atoms with Crippen molar-refractivity contribution >= 4 is 5.78 Å². The van der Waals surface area contributed by atoms with Gasteiger partial charge in [0.1, 0.15) is 5.78 Å². The summed E-state index contributed by atoms with van der Waals surface area (Å²) in [5.41, 5.74) is 0. The van der Waals surface area contributed by atoms with Crippen molar-refractivity contribution in [3.63, 3.8) is 0 Å². The molecule has 0 aromatic heterocycles. The quantitative estimate of drug-likeness (QED) is 0.521. The van der Waals surface area contributed by atoms with Gasteiger partial charge in [0.15, 0.2) is 0 Å². The molecule has 2 bridgehead atoms. The van der Waals surface area contributed by atoms with Gasteiger partial charge in [0.25, 0.3) is 0 Å². The first-order valence-electron chi connectivity index (χ1n) is 4.86. The number of hydrogen-bond acceptors (Lipinski definition) is 1. The van der Waals surface area contributed by atoms with Gasteiger partial charge in [-0.05, 0) is 31.1 Å². The Hall–Kier alpha value is -0.330. The molecule has 2 rings (SSSR count). The number of Topliss-reactive ketones (excluding diaryl/α,β-unsaturated/α-hetero) is 1. The largest absolute Gasteiger partial charge is 0.300 e. The van der Waals surface area contributed by atoms with Crippen LogP contribution in [0.2, 0.25) is 0 Å². The smallest absolute Gasteiger partial charge is 0.133 e. The van der Waals surface area contributed by atoms with E-state index in [1.807, 2.05) is 0 Å². The van der Waals surface area contributed by atoms with Crippen molar-refractivity contribution in [2.75, 3.05) is 0 Å². The van der Waals surface area contributed by atoms with Gasteiger partial charge in [-0.25, -0.2) is 0 Å². The Balaban J connectivity index is 1.99. The Labute approximate surface area is 68.2 Å². The van der Waals surface area contributed by atoms with Crippen molar-refractivity contribution in [1.29, 1.82) is 0 Å². The van der Waals surface area contributed by atoms with Crippen LogP contribution in [-0.2, 0) is 4.79 Å². The van der Waals surface area contributed by atoms with Crippen LogP contribution in [0.3, 0.4) is 0 Å². The maximum Gasteiger partial charge on any atom is 0.133 e. The Morgan fingerprint density at radius 3 is 2.82 bits per heavy atom. The fourth-order valence-corrected chi connectivity index (χ4v) is 2.64. The zero-order valence-corrected chi connectivity index (χ0v) is 7.01. The van der Waals surface area contributed by atoms with Gasteiger partial charge < -0.3 is 0 Å². The van der Waals surface area contributed by atoms with Crippen LogP contribution < -0.4 is 0 Å². The Morgan fingerprint density at radius 1 is 1.09 bits per heavy atom. The van der Waals surface area contributed by atoms with Crippen LogP contribution in [0.25, 0.3) is 0 Å². The second kappa shape index (κ2) is 2.96. The molecule has 2 unspecified atom stereocenters. The molecule has 0 heterocycles. The molecule has 2 aliphatic rings. The molecule has 1 heteroatoms. The summed E-state index contributed by atoms with van der Waals surface area (Å²) in [7, 11) is 0. The zero-order valence-electron chi connectivity index (χ0n) is 7.01. The first kappa shape index (κ1) is 7.33. The predicted molar refractivity (Wildman–Crippen MR) is 44.3 cm³/mol. The molecule has 0 saturated heterocycles. The average Bonchev–Trinajstić information content (AvgIpc) is 2.34. The first-order valence-corrected chi connectivity index (χ1v) is 4.86. The van der Waals surface area contributed by atoms with E-state index in [9.17, 15) is 4.79 Å². The lowest BCUT2D eigenvalue weighted by Crippen LogP contribution is -2.09. The molecule has 0 aromatic carbocycles. The summed E-state index contributed by atoms with van der Waals surface area (Å²) in [4.78, 5) is 11.2. The van der Waals surface area contributed by atoms with E-state index in [0.29, 0.717) is 5.78 Å². The number of carbonyl (C=O) groups is 1. The van der Waals surface area contributed by atoms with Crippen molar-refractivity contribution in [2.24, 2.45) is 11.8 Å². The highest BCUT2D eigenvalue weighted by molar-refractivity contribution is 5.78. The van der Waals surface area contributed by atoms with Gasteiger partial charge in [-0.2, -0.15) is 0 Å². The maximum atomic E-state index is 11.2. The van der Waals surface area contributed by atoms with Gasteiger partial charge in [-0.15, -0.1) is 0 Å². The first-order chi connectivity index (χ1) is 5.34. The Morgan fingerprint density at radius 2 is 1.91 bits per heavy atom. The highest BCUT2D eigenvalue weighted by Gasteiger charge is 2.27. The highest BCUT2D eigenvalue weighted by Crippen LogP contribution is 2.38. The molecule has 0 amide bonds. The van der Waals surface area contributed by atoms with Crippen molar-refractivity contribution in [3.05, 3.63) is 0 Å². The third-order valence-electron chi connectivity index (χ3n) is 3.23. The van der Waals surface area contributed by atoms with Gasteiger partial charge in [-0.3, -0.25) is 4.79 Å². The van der Waals surface area contributed by atoms with E-state index in [4.69, 9.17) is 0 Å². The molecule has 11 heavy (non-hydrogen) atoms. The molecule has 2 fully saturated rings. The maximum absolute atomic E-state index is 11.2. The number of rotatable bonds is 0. The summed E-state index contributed by atoms with van der Waals surface area (Å²) in [6, 6.07) is 0. The van der Waals surface area contributed by atoms with E-state index in [1.54, 1.807) is 0 Å². The molecule has 0 aromatic rings. The van der Waals surface area contributed by atoms with Crippen LogP contribution in [-0.4, -0.2) is 5.78 Å². The molecule has 2 atom stereocenters. The van der Waals surface area contributed by atoms with E-state index in [-0.39, 0.29) is 0 Å². The van der Waals surface area contributed by atoms with Crippen LogP contribution in [0.15, 0.2) is 0 Å². The second-order valence-electron chi connectivity index (χ2n) is 4.18. The van der Waals surface area contributed by atoms with Gasteiger partial charge in [0.05, 0.1) is 0 Å². The summed E-state index contributed by atoms with van der Waals surface area (Å²) in [5, 5.41) is 0. The number of fused-ring (bicyclic) bond motifs is 2. The normalized spacial score (nSPS) is 38.4. The molecule has 2 aliphatic carbocycles. The summed E-state index contributed by atoms with van der Waals surface area (Å²) < 4.78 is 0. The van der Waals surface area contributed by atoms with Crippen molar-refractivity contribution in [2.45, 2.75) is 44.9 Å². The van der Waals surface area contributed by atoms with Gasteiger partial charge in [0, 0.05) is 12.8 Å². The van der Waals surface area contributed by atoms with E-state index in [0.717, 1.165) is 31.1 Å². The highest BCUT2D eigenvalue weighted by atomic mass is 16.1. The van der Waals surface area contributed by atoms with Crippen LogP contribution in [0.5, 0.6) is 0 Å².